The standard InChI is InChI=1S/C49H31N3S/c1-3-13-32(14-4-1)36-17-11-18-37(31-36)33-25-27-35(28-26-33)47-50-48(43-30-29-38(34-15-5-2-6-16-34)39-19-7-8-20-40(39)43)52-49(51-47)44-23-12-22-42-41-21-9-10-24-45(41)53-46(42)44/h1-31H. The molecule has 53 heavy (non-hydrogen) atoms. The summed E-state index contributed by atoms with van der Waals surface area (Å²) in [6.07, 6.45) is 0. The lowest BCUT2D eigenvalue weighted by molar-refractivity contribution is 1.08. The number of nitrogens with zero attached hydrogens (tertiary/aromatic N) is 3. The topological polar surface area (TPSA) is 38.7 Å². The summed E-state index contributed by atoms with van der Waals surface area (Å²) in [5.41, 5.74) is 9.98. The lowest BCUT2D eigenvalue weighted by Gasteiger charge is -2.13. The first kappa shape index (κ1) is 31.0. The highest BCUT2D eigenvalue weighted by molar-refractivity contribution is 7.26. The van der Waals surface area contributed by atoms with Crippen LogP contribution in [0.2, 0.25) is 0 Å². The van der Waals surface area contributed by atoms with Gasteiger partial charge in [0.05, 0.1) is 0 Å². The van der Waals surface area contributed by atoms with E-state index >= 15 is 0 Å². The minimum Gasteiger partial charge on any atom is -0.208 e. The van der Waals surface area contributed by atoms with Gasteiger partial charge in [-0.25, -0.2) is 15.0 Å². The van der Waals surface area contributed by atoms with Crippen LogP contribution in [0.5, 0.6) is 0 Å². The molecule has 8 aromatic carbocycles. The van der Waals surface area contributed by atoms with Gasteiger partial charge in [-0.2, -0.15) is 0 Å². The normalized spacial score (nSPS) is 11.4. The van der Waals surface area contributed by atoms with Gasteiger partial charge in [0.2, 0.25) is 0 Å². The number of benzene rings is 8. The molecule has 0 aliphatic carbocycles. The van der Waals surface area contributed by atoms with Gasteiger partial charge >= 0.3 is 0 Å². The van der Waals surface area contributed by atoms with Crippen molar-refractivity contribution in [2.45, 2.75) is 0 Å². The van der Waals surface area contributed by atoms with Crippen LogP contribution < -0.4 is 0 Å². The van der Waals surface area contributed by atoms with Gasteiger partial charge in [-0.15, -0.1) is 11.3 Å². The van der Waals surface area contributed by atoms with Gasteiger partial charge in [0.15, 0.2) is 17.5 Å². The van der Waals surface area contributed by atoms with Gasteiger partial charge < -0.3 is 0 Å². The molecule has 0 atom stereocenters. The van der Waals surface area contributed by atoms with E-state index in [1.807, 2.05) is 0 Å². The Morgan fingerprint density at radius 2 is 0.774 bits per heavy atom. The van der Waals surface area contributed by atoms with E-state index in [4.69, 9.17) is 15.0 Å². The average Bonchev–Trinajstić information content (AvgIpc) is 3.63. The molecule has 10 rings (SSSR count). The van der Waals surface area contributed by atoms with E-state index in [2.05, 4.69) is 188 Å². The van der Waals surface area contributed by atoms with Gasteiger partial charge in [-0.3, -0.25) is 0 Å². The molecule has 0 aliphatic heterocycles. The molecule has 0 saturated heterocycles. The zero-order valence-electron chi connectivity index (χ0n) is 28.6. The number of hydrogen-bond donors (Lipinski definition) is 0. The van der Waals surface area contributed by atoms with Gasteiger partial charge in [0.25, 0.3) is 0 Å². The summed E-state index contributed by atoms with van der Waals surface area (Å²) >= 11 is 1.79. The van der Waals surface area contributed by atoms with Crippen LogP contribution in [-0.2, 0) is 0 Å². The highest BCUT2D eigenvalue weighted by atomic mass is 32.1. The molecular weight excluding hydrogens is 663 g/mol. The molecule has 0 N–H and O–H groups in total. The van der Waals surface area contributed by atoms with Crippen molar-refractivity contribution in [2.75, 3.05) is 0 Å². The molecule has 0 aliphatic rings. The van der Waals surface area contributed by atoms with E-state index in [1.54, 1.807) is 11.3 Å². The van der Waals surface area contributed by atoms with Gasteiger partial charge in [-0.1, -0.05) is 164 Å². The molecule has 10 aromatic rings. The van der Waals surface area contributed by atoms with Crippen molar-refractivity contribution >= 4 is 42.3 Å². The highest BCUT2D eigenvalue weighted by Crippen LogP contribution is 2.41. The van der Waals surface area contributed by atoms with E-state index < -0.39 is 0 Å². The molecule has 0 unspecified atom stereocenters. The molecule has 0 saturated carbocycles. The summed E-state index contributed by atoms with van der Waals surface area (Å²) < 4.78 is 2.42. The molecule has 248 valence electrons. The molecular formula is C49H31N3S. The van der Waals surface area contributed by atoms with Crippen molar-refractivity contribution in [1.29, 1.82) is 0 Å². The second kappa shape index (κ2) is 13.1. The molecule has 0 fully saturated rings. The van der Waals surface area contributed by atoms with E-state index in [1.165, 1.54) is 42.4 Å². The van der Waals surface area contributed by atoms with Crippen molar-refractivity contribution in [3.63, 3.8) is 0 Å². The smallest absolute Gasteiger partial charge is 0.165 e. The Labute approximate surface area is 311 Å². The zero-order chi connectivity index (χ0) is 35.1. The summed E-state index contributed by atoms with van der Waals surface area (Å²) in [5, 5.41) is 4.73. The van der Waals surface area contributed by atoms with Gasteiger partial charge in [0.1, 0.15) is 0 Å². The Kier molecular flexibility index (Phi) is 7.67. The second-order valence-electron chi connectivity index (χ2n) is 13.2. The number of rotatable bonds is 6. The van der Waals surface area contributed by atoms with E-state index in [9.17, 15) is 0 Å². The summed E-state index contributed by atoms with van der Waals surface area (Å²) in [4.78, 5) is 15.7. The third-order valence-electron chi connectivity index (χ3n) is 9.98. The average molecular weight is 694 g/mol. The van der Waals surface area contributed by atoms with Crippen LogP contribution in [0.3, 0.4) is 0 Å². The first-order chi connectivity index (χ1) is 26.3. The SMILES string of the molecule is c1ccc(-c2cccc(-c3ccc(-c4nc(-c5ccc(-c6ccccc6)c6ccccc56)nc(-c5cccc6c5sc5ccccc56)n4)cc3)c2)cc1. The van der Waals surface area contributed by atoms with E-state index in [0.29, 0.717) is 17.5 Å². The molecule has 4 heteroatoms. The van der Waals surface area contributed by atoms with Crippen molar-refractivity contribution in [2.24, 2.45) is 0 Å². The molecule has 2 heterocycles. The van der Waals surface area contributed by atoms with Crippen molar-refractivity contribution < 1.29 is 0 Å². The highest BCUT2D eigenvalue weighted by Gasteiger charge is 2.19. The fraction of sp³-hybridized carbons (Fsp3) is 0. The van der Waals surface area contributed by atoms with Crippen LogP contribution in [-0.4, -0.2) is 15.0 Å². The van der Waals surface area contributed by atoms with Crippen LogP contribution in [0.15, 0.2) is 188 Å². The van der Waals surface area contributed by atoms with Crippen LogP contribution >= 0.6 is 11.3 Å². The van der Waals surface area contributed by atoms with Crippen LogP contribution in [0, 0.1) is 0 Å². The summed E-state index contributed by atoms with van der Waals surface area (Å²) in [5.74, 6) is 1.96. The lowest BCUT2D eigenvalue weighted by Crippen LogP contribution is -2.01. The maximum absolute atomic E-state index is 5.26. The van der Waals surface area contributed by atoms with Crippen LogP contribution in [0.4, 0.5) is 0 Å². The largest absolute Gasteiger partial charge is 0.208 e. The van der Waals surface area contributed by atoms with Crippen molar-refractivity contribution in [3.05, 3.63) is 188 Å². The maximum Gasteiger partial charge on any atom is 0.165 e. The predicted molar refractivity (Wildman–Crippen MR) is 223 cm³/mol. The Morgan fingerprint density at radius 3 is 1.51 bits per heavy atom. The molecule has 0 amide bonds. The quantitative estimate of drug-likeness (QED) is 0.174. The molecule has 0 bridgehead atoms. The molecule has 0 spiro atoms. The number of aromatic nitrogens is 3. The van der Waals surface area contributed by atoms with E-state index in [0.717, 1.165) is 38.6 Å². The number of fused-ring (bicyclic) bond motifs is 4. The first-order valence-electron chi connectivity index (χ1n) is 17.8. The van der Waals surface area contributed by atoms with Crippen molar-refractivity contribution in [3.8, 4) is 67.5 Å². The Morgan fingerprint density at radius 1 is 0.283 bits per heavy atom. The van der Waals surface area contributed by atoms with Gasteiger partial charge in [0, 0.05) is 36.9 Å². The number of thiophene rings is 1. The van der Waals surface area contributed by atoms with Crippen LogP contribution in [0.1, 0.15) is 0 Å². The molecule has 3 nitrogen and oxygen atoms in total. The zero-order valence-corrected chi connectivity index (χ0v) is 29.5. The third kappa shape index (κ3) is 5.66. The second-order valence-corrected chi connectivity index (χ2v) is 14.2. The minimum atomic E-state index is 0.643. The fourth-order valence-electron chi connectivity index (χ4n) is 7.35. The maximum atomic E-state index is 5.26. The predicted octanol–water partition coefficient (Wildman–Crippen LogP) is 13.4. The fourth-order valence-corrected chi connectivity index (χ4v) is 8.57. The third-order valence-corrected chi connectivity index (χ3v) is 11.2. The Bertz CT molecular complexity index is 2930. The summed E-state index contributed by atoms with van der Waals surface area (Å²) in [6, 6.07) is 66.3. The van der Waals surface area contributed by atoms with Crippen LogP contribution in [0.25, 0.3) is 98.5 Å². The van der Waals surface area contributed by atoms with Crippen molar-refractivity contribution in [1.82, 2.24) is 15.0 Å². The van der Waals surface area contributed by atoms with E-state index in [-0.39, 0.29) is 0 Å². The first-order valence-corrected chi connectivity index (χ1v) is 18.6. The molecule has 2 aromatic heterocycles. The monoisotopic (exact) mass is 693 g/mol. The lowest BCUT2D eigenvalue weighted by atomic mass is 9.94. The van der Waals surface area contributed by atoms with Gasteiger partial charge in [-0.05, 0) is 68.4 Å². The molecule has 0 radical (unpaired) electrons. The Balaban J connectivity index is 1.14. The summed E-state index contributed by atoms with van der Waals surface area (Å²) in [6.45, 7) is 0. The minimum absolute atomic E-state index is 0.643. The summed E-state index contributed by atoms with van der Waals surface area (Å²) in [7, 11) is 0. The Hall–Kier alpha value is -6.75. The number of hydrogen-bond acceptors (Lipinski definition) is 4.